The van der Waals surface area contributed by atoms with Gasteiger partial charge in [-0.3, -0.25) is 4.79 Å². The van der Waals surface area contributed by atoms with Crippen molar-refractivity contribution in [1.82, 2.24) is 5.32 Å². The van der Waals surface area contributed by atoms with Crippen LogP contribution in [0.2, 0.25) is 0 Å². The van der Waals surface area contributed by atoms with Crippen molar-refractivity contribution in [3.8, 4) is 5.75 Å². The van der Waals surface area contributed by atoms with E-state index in [0.29, 0.717) is 13.0 Å². The van der Waals surface area contributed by atoms with E-state index in [2.05, 4.69) is 12.2 Å². The average Bonchev–Trinajstić information content (AvgIpc) is 2.97. The SMILES string of the molecule is CCCCCCCCc1cccc(C(=O)N[C@H]2CCOC2=O)c1O. The number of carbonyl (C=O) groups is 2. The van der Waals surface area contributed by atoms with Crippen molar-refractivity contribution < 1.29 is 19.4 Å². The van der Waals surface area contributed by atoms with Crippen molar-refractivity contribution in [2.45, 2.75) is 64.3 Å². The lowest BCUT2D eigenvalue weighted by atomic mass is 10.0. The molecule has 1 fully saturated rings. The molecule has 1 aliphatic rings. The highest BCUT2D eigenvalue weighted by Crippen LogP contribution is 2.25. The molecule has 1 aliphatic heterocycles. The number of benzene rings is 1. The lowest BCUT2D eigenvalue weighted by Gasteiger charge is -2.12. The smallest absolute Gasteiger partial charge is 0.328 e. The predicted octanol–water partition coefficient (Wildman–Crippen LogP) is 3.34. The van der Waals surface area contributed by atoms with Gasteiger partial charge in [-0.25, -0.2) is 4.79 Å². The van der Waals surface area contributed by atoms with Crippen molar-refractivity contribution in [2.24, 2.45) is 0 Å². The fourth-order valence-electron chi connectivity index (χ4n) is 2.93. The maximum atomic E-state index is 12.3. The minimum atomic E-state index is -0.612. The Morgan fingerprint density at radius 1 is 1.25 bits per heavy atom. The Balaban J connectivity index is 1.89. The fourth-order valence-corrected chi connectivity index (χ4v) is 2.93. The first-order valence-electron chi connectivity index (χ1n) is 8.91. The predicted molar refractivity (Wildman–Crippen MR) is 92.0 cm³/mol. The highest BCUT2D eigenvalue weighted by Gasteiger charge is 2.29. The normalized spacial score (nSPS) is 16.9. The van der Waals surface area contributed by atoms with Gasteiger partial charge in [0.15, 0.2) is 0 Å². The number of ether oxygens (including phenoxy) is 1. The quantitative estimate of drug-likeness (QED) is 0.537. The number of phenols is 1. The Bertz CT molecular complexity index is 570. The minimum Gasteiger partial charge on any atom is -0.507 e. The van der Waals surface area contributed by atoms with Crippen LogP contribution in [0.4, 0.5) is 0 Å². The molecule has 0 saturated carbocycles. The number of para-hydroxylation sites is 1. The molecule has 1 heterocycles. The van der Waals surface area contributed by atoms with Gasteiger partial charge >= 0.3 is 5.97 Å². The van der Waals surface area contributed by atoms with E-state index in [4.69, 9.17) is 4.74 Å². The molecule has 5 heteroatoms. The lowest BCUT2D eigenvalue weighted by molar-refractivity contribution is -0.139. The summed E-state index contributed by atoms with van der Waals surface area (Å²) in [6, 6.07) is 4.59. The molecule has 0 spiro atoms. The molecule has 1 saturated heterocycles. The van der Waals surface area contributed by atoms with Gasteiger partial charge in [-0.15, -0.1) is 0 Å². The molecule has 1 aromatic carbocycles. The molecule has 0 aromatic heterocycles. The molecule has 5 nitrogen and oxygen atoms in total. The van der Waals surface area contributed by atoms with E-state index in [0.717, 1.165) is 24.8 Å². The summed E-state index contributed by atoms with van der Waals surface area (Å²) in [5, 5.41) is 13.0. The molecule has 1 atom stereocenters. The van der Waals surface area contributed by atoms with Gasteiger partial charge in [0.1, 0.15) is 11.8 Å². The molecule has 0 unspecified atom stereocenters. The summed E-state index contributed by atoms with van der Waals surface area (Å²) >= 11 is 0. The molecule has 1 aromatic rings. The van der Waals surface area contributed by atoms with E-state index in [1.54, 1.807) is 12.1 Å². The Morgan fingerprint density at radius 2 is 2.00 bits per heavy atom. The first kappa shape index (κ1) is 18.3. The summed E-state index contributed by atoms with van der Waals surface area (Å²) in [6.07, 6.45) is 8.31. The second kappa shape index (κ2) is 9.30. The van der Waals surface area contributed by atoms with Crippen LogP contribution in [0.5, 0.6) is 5.75 Å². The first-order chi connectivity index (χ1) is 11.6. The molecular formula is C19H27NO4. The molecular weight excluding hydrogens is 306 g/mol. The number of cyclic esters (lactones) is 1. The van der Waals surface area contributed by atoms with Gasteiger partial charge in [0, 0.05) is 6.42 Å². The molecule has 24 heavy (non-hydrogen) atoms. The third kappa shape index (κ3) is 4.98. The summed E-state index contributed by atoms with van der Waals surface area (Å²) in [6.45, 7) is 2.52. The van der Waals surface area contributed by atoms with Crippen LogP contribution in [0.15, 0.2) is 18.2 Å². The molecule has 2 rings (SSSR count). The van der Waals surface area contributed by atoms with Crippen LogP contribution in [-0.4, -0.2) is 29.6 Å². The minimum absolute atomic E-state index is 0.0231. The van der Waals surface area contributed by atoms with Gasteiger partial charge < -0.3 is 15.2 Å². The van der Waals surface area contributed by atoms with Crippen molar-refractivity contribution in [2.75, 3.05) is 6.61 Å². The summed E-state index contributed by atoms with van der Waals surface area (Å²) in [4.78, 5) is 23.7. The monoisotopic (exact) mass is 333 g/mol. The van der Waals surface area contributed by atoms with E-state index < -0.39 is 17.9 Å². The second-order valence-corrected chi connectivity index (χ2v) is 6.31. The van der Waals surface area contributed by atoms with Crippen molar-refractivity contribution in [3.63, 3.8) is 0 Å². The number of unbranched alkanes of at least 4 members (excludes halogenated alkanes) is 5. The van der Waals surface area contributed by atoms with Crippen LogP contribution in [0.1, 0.15) is 67.8 Å². The van der Waals surface area contributed by atoms with Gasteiger partial charge in [0.2, 0.25) is 0 Å². The summed E-state index contributed by atoms with van der Waals surface area (Å²) in [5.41, 5.74) is 1.00. The number of amides is 1. The topological polar surface area (TPSA) is 75.6 Å². The van der Waals surface area contributed by atoms with E-state index in [-0.39, 0.29) is 11.3 Å². The Labute approximate surface area is 143 Å². The number of hydrogen-bond acceptors (Lipinski definition) is 4. The van der Waals surface area contributed by atoms with Crippen molar-refractivity contribution in [3.05, 3.63) is 29.3 Å². The molecule has 0 aliphatic carbocycles. The van der Waals surface area contributed by atoms with E-state index in [1.165, 1.54) is 25.7 Å². The van der Waals surface area contributed by atoms with Gasteiger partial charge in [-0.1, -0.05) is 51.2 Å². The number of nitrogens with one attached hydrogen (secondary N) is 1. The largest absolute Gasteiger partial charge is 0.507 e. The number of phenolic OH excluding ortho intramolecular Hbond substituents is 1. The van der Waals surface area contributed by atoms with Crippen LogP contribution in [0, 0.1) is 0 Å². The Morgan fingerprint density at radius 3 is 2.71 bits per heavy atom. The number of esters is 1. The maximum absolute atomic E-state index is 12.3. The lowest BCUT2D eigenvalue weighted by Crippen LogP contribution is -2.37. The Hall–Kier alpha value is -2.04. The zero-order chi connectivity index (χ0) is 17.4. The van der Waals surface area contributed by atoms with E-state index >= 15 is 0 Å². The van der Waals surface area contributed by atoms with Crippen LogP contribution >= 0.6 is 0 Å². The summed E-state index contributed by atoms with van der Waals surface area (Å²) in [5.74, 6) is -0.817. The number of aromatic hydroxyl groups is 1. The van der Waals surface area contributed by atoms with E-state index in [9.17, 15) is 14.7 Å². The van der Waals surface area contributed by atoms with Crippen LogP contribution < -0.4 is 5.32 Å². The zero-order valence-electron chi connectivity index (χ0n) is 14.3. The summed E-state index contributed by atoms with van der Waals surface area (Å²) in [7, 11) is 0. The average molecular weight is 333 g/mol. The van der Waals surface area contributed by atoms with Crippen LogP contribution in [-0.2, 0) is 16.0 Å². The molecule has 1 amide bonds. The molecule has 0 radical (unpaired) electrons. The van der Waals surface area contributed by atoms with E-state index in [1.807, 2.05) is 6.07 Å². The highest BCUT2D eigenvalue weighted by molar-refractivity contribution is 5.99. The van der Waals surface area contributed by atoms with Crippen LogP contribution in [0.25, 0.3) is 0 Å². The number of rotatable bonds is 9. The first-order valence-corrected chi connectivity index (χ1v) is 8.91. The third-order valence-corrected chi connectivity index (χ3v) is 4.40. The van der Waals surface area contributed by atoms with Gasteiger partial charge in [0.05, 0.1) is 12.2 Å². The molecule has 2 N–H and O–H groups in total. The molecule has 0 bridgehead atoms. The van der Waals surface area contributed by atoms with Gasteiger partial charge in [0.25, 0.3) is 5.91 Å². The van der Waals surface area contributed by atoms with Crippen molar-refractivity contribution in [1.29, 1.82) is 0 Å². The number of carbonyl (C=O) groups excluding carboxylic acids is 2. The number of aryl methyl sites for hydroxylation is 1. The summed E-state index contributed by atoms with van der Waals surface area (Å²) < 4.78 is 4.83. The standard InChI is InChI=1S/C19H27NO4/c1-2-3-4-5-6-7-9-14-10-8-11-15(17(14)21)18(22)20-16-12-13-24-19(16)23/h8,10-11,16,21H,2-7,9,12-13H2,1H3,(H,20,22)/t16-/m0/s1. The highest BCUT2D eigenvalue weighted by atomic mass is 16.5. The molecule has 132 valence electrons. The second-order valence-electron chi connectivity index (χ2n) is 6.31. The zero-order valence-corrected chi connectivity index (χ0v) is 14.3. The van der Waals surface area contributed by atoms with Crippen molar-refractivity contribution >= 4 is 11.9 Å². The Kier molecular flexibility index (Phi) is 7.09. The third-order valence-electron chi connectivity index (χ3n) is 4.40. The number of hydrogen-bond donors (Lipinski definition) is 2. The fraction of sp³-hybridized carbons (Fsp3) is 0.579. The maximum Gasteiger partial charge on any atom is 0.328 e. The van der Waals surface area contributed by atoms with Gasteiger partial charge in [-0.05, 0) is 24.5 Å². The van der Waals surface area contributed by atoms with Crippen LogP contribution in [0.3, 0.4) is 0 Å². The van der Waals surface area contributed by atoms with Gasteiger partial charge in [-0.2, -0.15) is 0 Å².